The second kappa shape index (κ2) is 8.49. The van der Waals surface area contributed by atoms with E-state index < -0.39 is 6.10 Å². The summed E-state index contributed by atoms with van der Waals surface area (Å²) in [6.07, 6.45) is -0.842. The largest absolute Gasteiger partial charge is 0.463 e. The lowest BCUT2D eigenvalue weighted by Gasteiger charge is -2.16. The number of carbonyl (C=O) groups excluding carboxylic acids is 1. The van der Waals surface area contributed by atoms with Crippen LogP contribution in [0.25, 0.3) is 5.69 Å². The van der Waals surface area contributed by atoms with Crippen molar-refractivity contribution in [3.63, 3.8) is 0 Å². The zero-order valence-electron chi connectivity index (χ0n) is 16.7. The van der Waals surface area contributed by atoms with E-state index in [1.807, 2.05) is 45.0 Å². The Hall–Kier alpha value is -3.12. The fourth-order valence-corrected chi connectivity index (χ4v) is 2.97. The molecule has 1 heterocycles. The number of nitrogens with zero attached hydrogens (tertiary/aromatic N) is 2. The fourth-order valence-electron chi connectivity index (χ4n) is 2.69. The van der Waals surface area contributed by atoms with Crippen LogP contribution in [0.1, 0.15) is 23.6 Å². The summed E-state index contributed by atoms with van der Waals surface area (Å²) < 4.78 is 6.91. The van der Waals surface area contributed by atoms with Gasteiger partial charge in [0.15, 0.2) is 6.10 Å². The van der Waals surface area contributed by atoms with E-state index in [0.717, 1.165) is 16.7 Å². The molecule has 3 rings (SSSR count). The van der Waals surface area contributed by atoms with Gasteiger partial charge in [0, 0.05) is 12.1 Å². The summed E-state index contributed by atoms with van der Waals surface area (Å²) in [5.74, 6) is -0.207. The van der Waals surface area contributed by atoms with Gasteiger partial charge < -0.3 is 10.1 Å². The fraction of sp³-hybridized carbons (Fsp3) is 0.227. The average Bonchev–Trinajstić information content (AvgIpc) is 2.67. The van der Waals surface area contributed by atoms with E-state index in [4.69, 9.17) is 16.3 Å². The molecule has 1 atom stereocenters. The number of ether oxygens (including phenoxy) is 1. The smallest absolute Gasteiger partial charge is 0.271 e. The molecule has 0 bridgehead atoms. The van der Waals surface area contributed by atoms with Crippen LogP contribution >= 0.6 is 11.6 Å². The molecular formula is C22H22ClN3O3. The molecule has 150 valence electrons. The molecule has 6 nitrogen and oxygen atoms in total. The van der Waals surface area contributed by atoms with Crippen molar-refractivity contribution in [3.8, 4) is 11.6 Å². The summed E-state index contributed by atoms with van der Waals surface area (Å²) in [5.41, 5.74) is 4.01. The Morgan fingerprint density at radius 3 is 2.52 bits per heavy atom. The van der Waals surface area contributed by atoms with Gasteiger partial charge in [-0.3, -0.25) is 9.59 Å². The SMILES string of the molecule is Cc1ccc(NC(=O)C(C)Oc2ccc(=O)n(-c3ccc(C)c(C)c3)n2)c(Cl)c1. The first-order valence-corrected chi connectivity index (χ1v) is 9.54. The van der Waals surface area contributed by atoms with Crippen LogP contribution in [0.4, 0.5) is 5.69 Å². The molecule has 0 aliphatic rings. The van der Waals surface area contributed by atoms with Gasteiger partial charge in [-0.1, -0.05) is 23.7 Å². The Kier molecular flexibility index (Phi) is 6.03. The highest BCUT2D eigenvalue weighted by molar-refractivity contribution is 6.33. The number of hydrogen-bond acceptors (Lipinski definition) is 4. The number of nitrogens with one attached hydrogen (secondary N) is 1. The van der Waals surface area contributed by atoms with Crippen molar-refractivity contribution in [2.24, 2.45) is 0 Å². The number of hydrogen-bond donors (Lipinski definition) is 1. The molecule has 2 aromatic carbocycles. The van der Waals surface area contributed by atoms with Crippen LogP contribution in [0.5, 0.6) is 5.88 Å². The van der Waals surface area contributed by atoms with Crippen molar-refractivity contribution < 1.29 is 9.53 Å². The van der Waals surface area contributed by atoms with E-state index in [9.17, 15) is 9.59 Å². The number of carbonyl (C=O) groups is 1. The molecule has 0 aliphatic heterocycles. The molecule has 7 heteroatoms. The van der Waals surface area contributed by atoms with Crippen LogP contribution in [-0.2, 0) is 4.79 Å². The number of anilines is 1. The number of benzene rings is 2. The summed E-state index contributed by atoms with van der Waals surface area (Å²) >= 11 is 6.16. The van der Waals surface area contributed by atoms with Gasteiger partial charge >= 0.3 is 0 Å². The number of aryl methyl sites for hydroxylation is 3. The Bertz CT molecular complexity index is 1120. The second-order valence-corrected chi connectivity index (χ2v) is 7.33. The number of rotatable bonds is 5. The van der Waals surface area contributed by atoms with Gasteiger partial charge in [-0.05, 0) is 68.7 Å². The minimum absolute atomic E-state index is 0.167. The highest BCUT2D eigenvalue weighted by Gasteiger charge is 2.17. The van der Waals surface area contributed by atoms with Gasteiger partial charge in [0.1, 0.15) is 0 Å². The molecule has 0 saturated heterocycles. The van der Waals surface area contributed by atoms with Crippen molar-refractivity contribution in [1.82, 2.24) is 9.78 Å². The van der Waals surface area contributed by atoms with Crippen molar-refractivity contribution in [2.75, 3.05) is 5.32 Å². The number of aromatic nitrogens is 2. The molecule has 0 aliphatic carbocycles. The molecule has 3 aromatic rings. The first kappa shape index (κ1) is 20.6. The van der Waals surface area contributed by atoms with Crippen LogP contribution in [0, 0.1) is 20.8 Å². The molecule has 29 heavy (non-hydrogen) atoms. The molecular weight excluding hydrogens is 390 g/mol. The van der Waals surface area contributed by atoms with Crippen molar-refractivity contribution in [2.45, 2.75) is 33.8 Å². The van der Waals surface area contributed by atoms with Gasteiger partial charge in [-0.15, -0.1) is 5.10 Å². The third-order valence-electron chi connectivity index (χ3n) is 4.56. The summed E-state index contributed by atoms with van der Waals surface area (Å²) in [4.78, 5) is 24.7. The highest BCUT2D eigenvalue weighted by atomic mass is 35.5. The first-order chi connectivity index (χ1) is 13.7. The van der Waals surface area contributed by atoms with Crippen LogP contribution in [0.3, 0.4) is 0 Å². The van der Waals surface area contributed by atoms with Gasteiger partial charge in [-0.2, -0.15) is 4.68 Å². The first-order valence-electron chi connectivity index (χ1n) is 9.16. The minimum atomic E-state index is -0.842. The zero-order chi connectivity index (χ0) is 21.1. The normalized spacial score (nSPS) is 11.8. The summed E-state index contributed by atoms with van der Waals surface area (Å²) in [6, 6.07) is 13.8. The number of amides is 1. The van der Waals surface area contributed by atoms with Gasteiger partial charge in [-0.25, -0.2) is 0 Å². The van der Waals surface area contributed by atoms with Crippen LogP contribution in [-0.4, -0.2) is 21.8 Å². The van der Waals surface area contributed by atoms with Crippen molar-refractivity contribution in [3.05, 3.63) is 80.6 Å². The predicted molar refractivity (Wildman–Crippen MR) is 114 cm³/mol. The van der Waals surface area contributed by atoms with E-state index in [0.29, 0.717) is 16.4 Å². The Balaban J connectivity index is 1.78. The van der Waals surface area contributed by atoms with Crippen molar-refractivity contribution in [1.29, 1.82) is 0 Å². The van der Waals surface area contributed by atoms with Gasteiger partial charge in [0.2, 0.25) is 5.88 Å². The maximum Gasteiger partial charge on any atom is 0.271 e. The number of halogens is 1. The maximum absolute atomic E-state index is 12.5. The van der Waals surface area contributed by atoms with E-state index >= 15 is 0 Å². The van der Waals surface area contributed by atoms with E-state index in [1.165, 1.54) is 16.8 Å². The quantitative estimate of drug-likeness (QED) is 0.682. The predicted octanol–water partition coefficient (Wildman–Crippen LogP) is 4.22. The standard InChI is InChI=1S/C22H22ClN3O3/c1-13-5-8-19(18(23)11-13)24-22(28)16(4)29-20-9-10-21(27)26(25-20)17-7-6-14(2)15(3)12-17/h5-12,16H,1-4H3,(H,24,28). The molecule has 1 amide bonds. The van der Waals surface area contributed by atoms with E-state index in [-0.39, 0.29) is 17.3 Å². The van der Waals surface area contributed by atoms with E-state index in [1.54, 1.807) is 19.1 Å². The second-order valence-electron chi connectivity index (χ2n) is 6.92. The van der Waals surface area contributed by atoms with Crippen molar-refractivity contribution >= 4 is 23.2 Å². The van der Waals surface area contributed by atoms with E-state index in [2.05, 4.69) is 10.4 Å². The topological polar surface area (TPSA) is 73.2 Å². The van der Waals surface area contributed by atoms with Crippen LogP contribution in [0.2, 0.25) is 5.02 Å². The molecule has 0 fully saturated rings. The van der Waals surface area contributed by atoms with Crippen LogP contribution in [0.15, 0.2) is 53.3 Å². The highest BCUT2D eigenvalue weighted by Crippen LogP contribution is 2.23. The Labute approximate surface area is 174 Å². The monoisotopic (exact) mass is 411 g/mol. The summed E-state index contributed by atoms with van der Waals surface area (Å²) in [5, 5.41) is 7.44. The third-order valence-corrected chi connectivity index (χ3v) is 4.87. The average molecular weight is 412 g/mol. The lowest BCUT2D eigenvalue weighted by Crippen LogP contribution is -2.31. The van der Waals surface area contributed by atoms with Gasteiger partial charge in [0.05, 0.1) is 16.4 Å². The summed E-state index contributed by atoms with van der Waals surface area (Å²) in [6.45, 7) is 7.48. The molecule has 1 unspecified atom stereocenters. The Morgan fingerprint density at radius 2 is 1.83 bits per heavy atom. The third kappa shape index (κ3) is 4.84. The zero-order valence-corrected chi connectivity index (χ0v) is 17.4. The molecule has 1 N–H and O–H groups in total. The molecule has 0 spiro atoms. The molecule has 1 aromatic heterocycles. The van der Waals surface area contributed by atoms with Gasteiger partial charge in [0.25, 0.3) is 11.5 Å². The van der Waals surface area contributed by atoms with Crippen LogP contribution < -0.4 is 15.6 Å². The lowest BCUT2D eigenvalue weighted by atomic mass is 10.1. The minimum Gasteiger partial charge on any atom is -0.463 e. The Morgan fingerprint density at radius 1 is 1.07 bits per heavy atom. The maximum atomic E-state index is 12.5. The summed E-state index contributed by atoms with van der Waals surface area (Å²) in [7, 11) is 0. The molecule has 0 radical (unpaired) electrons. The molecule has 0 saturated carbocycles. The lowest BCUT2D eigenvalue weighted by molar-refractivity contribution is -0.122.